The van der Waals surface area contributed by atoms with E-state index in [9.17, 15) is 9.90 Å². The highest BCUT2D eigenvalue weighted by Crippen LogP contribution is 2.37. The Kier molecular flexibility index (Phi) is 5.79. The number of aliphatic imine (C=N–C) groups is 1. The van der Waals surface area contributed by atoms with Crippen LogP contribution < -0.4 is 10.1 Å². The molecule has 0 spiro atoms. The summed E-state index contributed by atoms with van der Waals surface area (Å²) in [6.07, 6.45) is 4.22. The highest BCUT2D eigenvalue weighted by molar-refractivity contribution is 6.31. The van der Waals surface area contributed by atoms with Gasteiger partial charge in [0.25, 0.3) is 5.91 Å². The average molecular weight is 443 g/mol. The summed E-state index contributed by atoms with van der Waals surface area (Å²) in [5.74, 6) is 0.985. The number of aromatic nitrogens is 4. The molecule has 2 N–H and O–H groups in total. The van der Waals surface area contributed by atoms with Crippen molar-refractivity contribution in [3.63, 3.8) is 0 Å². The second kappa shape index (κ2) is 8.52. The first-order valence-corrected chi connectivity index (χ1v) is 10.2. The first kappa shape index (κ1) is 21.1. The van der Waals surface area contributed by atoms with Crippen molar-refractivity contribution in [1.29, 1.82) is 0 Å². The summed E-state index contributed by atoms with van der Waals surface area (Å²) in [4.78, 5) is 17.5. The molecule has 9 nitrogen and oxygen atoms in total. The second-order valence-electron chi connectivity index (χ2n) is 7.56. The number of hydrogen-bond donors (Lipinski definition) is 2. The van der Waals surface area contributed by atoms with Crippen molar-refractivity contribution in [3.8, 4) is 17.0 Å². The number of ether oxygens (including phenoxy) is 1. The number of rotatable bonds is 6. The van der Waals surface area contributed by atoms with Crippen molar-refractivity contribution in [3.05, 3.63) is 41.2 Å². The van der Waals surface area contributed by atoms with E-state index in [0.717, 1.165) is 0 Å². The van der Waals surface area contributed by atoms with Gasteiger partial charge in [0.1, 0.15) is 11.3 Å². The van der Waals surface area contributed by atoms with E-state index < -0.39 is 6.10 Å². The normalized spacial score (nSPS) is 16.1. The Morgan fingerprint density at radius 3 is 2.94 bits per heavy atom. The minimum absolute atomic E-state index is 0.228. The van der Waals surface area contributed by atoms with Gasteiger partial charge in [-0.1, -0.05) is 18.5 Å². The number of hydrogen-bond acceptors (Lipinski definition) is 6. The zero-order valence-electron chi connectivity index (χ0n) is 17.4. The molecule has 1 aliphatic heterocycles. The van der Waals surface area contributed by atoms with E-state index in [4.69, 9.17) is 16.3 Å². The summed E-state index contributed by atoms with van der Waals surface area (Å²) in [5, 5.41) is 22.0. The predicted octanol–water partition coefficient (Wildman–Crippen LogP) is 3.39. The number of carbonyl (C=O) groups excluding carboxylic acids is 1. The van der Waals surface area contributed by atoms with Crippen LogP contribution in [0.25, 0.3) is 11.3 Å². The Balaban J connectivity index is 1.74. The molecule has 4 rings (SSSR count). The van der Waals surface area contributed by atoms with E-state index >= 15 is 0 Å². The quantitative estimate of drug-likeness (QED) is 0.608. The van der Waals surface area contributed by atoms with Gasteiger partial charge in [0, 0.05) is 22.7 Å². The first-order valence-electron chi connectivity index (χ1n) is 9.86. The number of nitrogens with zero attached hydrogens (tertiary/aromatic N) is 5. The monoisotopic (exact) mass is 442 g/mol. The van der Waals surface area contributed by atoms with Crippen LogP contribution in [-0.4, -0.2) is 50.0 Å². The third-order valence-electron chi connectivity index (χ3n) is 4.91. The summed E-state index contributed by atoms with van der Waals surface area (Å²) in [6, 6.07) is 5.20. The molecule has 2 atom stereocenters. The Morgan fingerprint density at radius 1 is 1.39 bits per heavy atom. The topological polar surface area (TPSA) is 107 Å². The van der Waals surface area contributed by atoms with Gasteiger partial charge in [-0.15, -0.1) is 0 Å². The molecule has 31 heavy (non-hydrogen) atoms. The molecule has 3 aromatic rings. The molecule has 0 bridgehead atoms. The fourth-order valence-electron chi connectivity index (χ4n) is 3.53. The molecule has 2 aromatic heterocycles. The van der Waals surface area contributed by atoms with Gasteiger partial charge >= 0.3 is 0 Å². The zero-order chi connectivity index (χ0) is 22.1. The molecule has 1 aromatic carbocycles. The molecular weight excluding hydrogens is 420 g/mol. The largest absolute Gasteiger partial charge is 0.496 e. The number of amides is 1. The minimum Gasteiger partial charge on any atom is -0.496 e. The van der Waals surface area contributed by atoms with E-state index in [0.29, 0.717) is 45.6 Å². The van der Waals surface area contributed by atoms with Gasteiger partial charge in [-0.05, 0) is 25.1 Å². The molecule has 10 heteroatoms. The molecule has 0 aliphatic carbocycles. The highest BCUT2D eigenvalue weighted by atomic mass is 35.5. The van der Waals surface area contributed by atoms with Crippen LogP contribution in [0.15, 0.2) is 35.6 Å². The standard InChI is InChI=1S/C21H23ClN6O3/c1-12-7-23-20-16(8-24-28(20)10-12)21(30)26-17-9-25-27(11-13(2)29)19(17)15-6-14(22)4-5-18(15)31-3/h4-9,12-13,29H,10-11H2,1-3H3,(H,26,30)/t12?,13-/m1/s1. The molecule has 162 valence electrons. The lowest BCUT2D eigenvalue weighted by Crippen LogP contribution is -2.17. The van der Waals surface area contributed by atoms with Crippen molar-refractivity contribution in [2.45, 2.75) is 33.0 Å². The number of nitrogens with one attached hydrogen (secondary N) is 1. The number of aliphatic hydroxyl groups is 1. The minimum atomic E-state index is -0.647. The maximum Gasteiger partial charge on any atom is 0.261 e. The van der Waals surface area contributed by atoms with E-state index in [-0.39, 0.29) is 18.4 Å². The third-order valence-corrected chi connectivity index (χ3v) is 5.15. The number of carbonyl (C=O) groups is 1. The summed E-state index contributed by atoms with van der Waals surface area (Å²) >= 11 is 6.23. The molecular formula is C21H23ClN6O3. The van der Waals surface area contributed by atoms with Crippen molar-refractivity contribution in [2.24, 2.45) is 10.9 Å². The Hall–Kier alpha value is -3.17. The number of halogens is 1. The van der Waals surface area contributed by atoms with E-state index in [2.05, 4.69) is 20.5 Å². The van der Waals surface area contributed by atoms with Crippen LogP contribution in [0.3, 0.4) is 0 Å². The molecule has 0 saturated carbocycles. The van der Waals surface area contributed by atoms with E-state index in [1.54, 1.807) is 41.6 Å². The number of aliphatic hydroxyl groups excluding tert-OH is 1. The van der Waals surface area contributed by atoms with Crippen LogP contribution in [0, 0.1) is 5.92 Å². The lowest BCUT2D eigenvalue weighted by molar-refractivity contribution is 0.102. The molecule has 0 saturated heterocycles. The Morgan fingerprint density at radius 2 is 2.19 bits per heavy atom. The van der Waals surface area contributed by atoms with Crippen LogP contribution in [0.1, 0.15) is 24.2 Å². The molecule has 1 amide bonds. The SMILES string of the molecule is COc1ccc(Cl)cc1-c1c(NC(=O)c2cnn3c2N=CC(C)C3)cnn1C[C@@H](C)O. The van der Waals surface area contributed by atoms with Gasteiger partial charge in [0.15, 0.2) is 5.82 Å². The van der Waals surface area contributed by atoms with Crippen molar-refractivity contribution >= 4 is 35.2 Å². The lowest BCUT2D eigenvalue weighted by atomic mass is 10.1. The van der Waals surface area contributed by atoms with Crippen molar-refractivity contribution in [2.75, 3.05) is 12.4 Å². The smallest absolute Gasteiger partial charge is 0.261 e. The summed E-state index contributed by atoms with van der Waals surface area (Å²) in [5.41, 5.74) is 2.05. The third kappa shape index (κ3) is 4.19. The molecule has 3 heterocycles. The summed E-state index contributed by atoms with van der Waals surface area (Å²) < 4.78 is 8.83. The van der Waals surface area contributed by atoms with E-state index in [1.165, 1.54) is 12.4 Å². The van der Waals surface area contributed by atoms with Crippen LogP contribution in [0.5, 0.6) is 5.75 Å². The molecule has 1 unspecified atom stereocenters. The lowest BCUT2D eigenvalue weighted by Gasteiger charge is -2.15. The van der Waals surface area contributed by atoms with E-state index in [1.807, 2.05) is 13.1 Å². The van der Waals surface area contributed by atoms with Crippen LogP contribution in [0.4, 0.5) is 11.5 Å². The molecule has 0 radical (unpaired) electrons. The first-order chi connectivity index (χ1) is 14.9. The van der Waals surface area contributed by atoms with Crippen molar-refractivity contribution < 1.29 is 14.6 Å². The van der Waals surface area contributed by atoms with Crippen LogP contribution in [0.2, 0.25) is 5.02 Å². The zero-order valence-corrected chi connectivity index (χ0v) is 18.2. The summed E-state index contributed by atoms with van der Waals surface area (Å²) in [6.45, 7) is 4.60. The number of fused-ring (bicyclic) bond motifs is 1. The fourth-order valence-corrected chi connectivity index (χ4v) is 3.70. The van der Waals surface area contributed by atoms with Crippen LogP contribution >= 0.6 is 11.6 Å². The maximum atomic E-state index is 13.1. The second-order valence-corrected chi connectivity index (χ2v) is 7.99. The molecule has 0 fully saturated rings. The maximum absolute atomic E-state index is 13.1. The Bertz CT molecular complexity index is 1150. The fraction of sp³-hybridized carbons (Fsp3) is 0.333. The summed E-state index contributed by atoms with van der Waals surface area (Å²) in [7, 11) is 1.55. The Labute approximate surface area is 184 Å². The predicted molar refractivity (Wildman–Crippen MR) is 118 cm³/mol. The van der Waals surface area contributed by atoms with Gasteiger partial charge in [-0.25, -0.2) is 9.67 Å². The van der Waals surface area contributed by atoms with Gasteiger partial charge < -0.3 is 15.2 Å². The van der Waals surface area contributed by atoms with Crippen molar-refractivity contribution in [1.82, 2.24) is 19.6 Å². The van der Waals surface area contributed by atoms with Gasteiger partial charge in [0.2, 0.25) is 0 Å². The average Bonchev–Trinajstić information content (AvgIpc) is 3.31. The van der Waals surface area contributed by atoms with Gasteiger partial charge in [0.05, 0.1) is 50.1 Å². The number of anilines is 1. The van der Waals surface area contributed by atoms with Gasteiger partial charge in [-0.2, -0.15) is 10.2 Å². The number of methoxy groups -OCH3 is 1. The highest BCUT2D eigenvalue weighted by Gasteiger charge is 2.24. The molecule has 1 aliphatic rings. The van der Waals surface area contributed by atoms with Gasteiger partial charge in [-0.3, -0.25) is 9.48 Å². The van der Waals surface area contributed by atoms with Crippen LogP contribution in [-0.2, 0) is 13.1 Å². The number of benzene rings is 1.